The number of aryl methyl sites for hydroxylation is 2. The van der Waals surface area contributed by atoms with E-state index in [1.165, 1.54) is 5.56 Å². The molecule has 0 saturated heterocycles. The molecule has 0 bridgehead atoms. The summed E-state index contributed by atoms with van der Waals surface area (Å²) in [6.07, 6.45) is 4.13. The summed E-state index contributed by atoms with van der Waals surface area (Å²) in [6.45, 7) is 3.66. The summed E-state index contributed by atoms with van der Waals surface area (Å²) in [4.78, 5) is 0. The summed E-state index contributed by atoms with van der Waals surface area (Å²) >= 11 is 0. The quantitative estimate of drug-likeness (QED) is 0.527. The SMILES string of the molecule is COc1ccc(CNCCCc2cn(-c3ccccc3)nc2C)c(OC)c1OC. The van der Waals surface area contributed by atoms with E-state index in [9.17, 15) is 0 Å². The molecule has 154 valence electrons. The van der Waals surface area contributed by atoms with Crippen LogP contribution in [0.1, 0.15) is 23.2 Å². The van der Waals surface area contributed by atoms with Crippen LogP contribution in [0.4, 0.5) is 0 Å². The van der Waals surface area contributed by atoms with Crippen molar-refractivity contribution in [3.05, 3.63) is 65.5 Å². The van der Waals surface area contributed by atoms with Gasteiger partial charge in [0.2, 0.25) is 5.75 Å². The highest BCUT2D eigenvalue weighted by Crippen LogP contribution is 2.39. The second kappa shape index (κ2) is 9.98. The van der Waals surface area contributed by atoms with E-state index in [4.69, 9.17) is 14.2 Å². The van der Waals surface area contributed by atoms with Gasteiger partial charge in [-0.05, 0) is 50.1 Å². The van der Waals surface area contributed by atoms with E-state index in [1.807, 2.05) is 35.0 Å². The molecule has 0 fully saturated rings. The van der Waals surface area contributed by atoms with Crippen LogP contribution in [0, 0.1) is 6.92 Å². The number of hydrogen-bond donors (Lipinski definition) is 1. The van der Waals surface area contributed by atoms with Gasteiger partial charge in [-0.15, -0.1) is 0 Å². The third-order valence-corrected chi connectivity index (χ3v) is 4.92. The molecular formula is C23H29N3O3. The molecule has 0 aliphatic rings. The fourth-order valence-electron chi connectivity index (χ4n) is 3.38. The number of nitrogens with zero attached hydrogens (tertiary/aromatic N) is 2. The minimum Gasteiger partial charge on any atom is -0.493 e. The lowest BCUT2D eigenvalue weighted by atomic mass is 10.1. The molecule has 0 amide bonds. The van der Waals surface area contributed by atoms with Gasteiger partial charge in [-0.3, -0.25) is 0 Å². The Kier molecular flexibility index (Phi) is 7.14. The van der Waals surface area contributed by atoms with Crippen molar-refractivity contribution in [1.29, 1.82) is 0 Å². The molecule has 0 atom stereocenters. The van der Waals surface area contributed by atoms with Crippen LogP contribution in [-0.4, -0.2) is 37.7 Å². The maximum atomic E-state index is 5.54. The van der Waals surface area contributed by atoms with E-state index in [2.05, 4.69) is 35.7 Å². The summed E-state index contributed by atoms with van der Waals surface area (Å²) in [7, 11) is 4.89. The predicted octanol–water partition coefficient (Wildman–Crippen LogP) is 3.93. The monoisotopic (exact) mass is 395 g/mol. The average Bonchev–Trinajstić information content (AvgIpc) is 3.13. The summed E-state index contributed by atoms with van der Waals surface area (Å²) in [6, 6.07) is 14.1. The number of ether oxygens (including phenoxy) is 3. The normalized spacial score (nSPS) is 10.8. The standard InChI is InChI=1S/C23H29N3O3/c1-17-19(16-26(25-17)20-10-6-5-7-11-20)9-8-14-24-15-18-12-13-21(27-2)23(29-4)22(18)28-3/h5-7,10-13,16,24H,8-9,14-15H2,1-4H3. The highest BCUT2D eigenvalue weighted by molar-refractivity contribution is 5.55. The lowest BCUT2D eigenvalue weighted by molar-refractivity contribution is 0.321. The molecule has 0 aliphatic carbocycles. The van der Waals surface area contributed by atoms with Crippen molar-refractivity contribution in [1.82, 2.24) is 15.1 Å². The third-order valence-electron chi connectivity index (χ3n) is 4.92. The first-order chi connectivity index (χ1) is 14.2. The van der Waals surface area contributed by atoms with Gasteiger partial charge in [0.1, 0.15) is 0 Å². The molecule has 1 aromatic heterocycles. The zero-order chi connectivity index (χ0) is 20.6. The number of methoxy groups -OCH3 is 3. The van der Waals surface area contributed by atoms with Crippen LogP contribution in [0.3, 0.4) is 0 Å². The number of nitrogens with one attached hydrogen (secondary N) is 1. The van der Waals surface area contributed by atoms with E-state index in [0.29, 0.717) is 23.8 Å². The zero-order valence-corrected chi connectivity index (χ0v) is 17.6. The maximum absolute atomic E-state index is 5.54. The van der Waals surface area contributed by atoms with Crippen LogP contribution in [0.2, 0.25) is 0 Å². The highest BCUT2D eigenvalue weighted by Gasteiger charge is 2.15. The van der Waals surface area contributed by atoms with Gasteiger partial charge >= 0.3 is 0 Å². The van der Waals surface area contributed by atoms with Crippen LogP contribution in [0.25, 0.3) is 5.69 Å². The van der Waals surface area contributed by atoms with Crippen LogP contribution < -0.4 is 19.5 Å². The Morgan fingerprint density at radius 3 is 2.34 bits per heavy atom. The predicted molar refractivity (Wildman–Crippen MR) is 114 cm³/mol. The zero-order valence-electron chi connectivity index (χ0n) is 17.6. The first-order valence-electron chi connectivity index (χ1n) is 9.77. The molecule has 29 heavy (non-hydrogen) atoms. The van der Waals surface area contributed by atoms with Gasteiger partial charge in [-0.2, -0.15) is 5.10 Å². The van der Waals surface area contributed by atoms with E-state index in [1.54, 1.807) is 21.3 Å². The van der Waals surface area contributed by atoms with Crippen LogP contribution >= 0.6 is 0 Å². The van der Waals surface area contributed by atoms with Crippen molar-refractivity contribution in [2.24, 2.45) is 0 Å². The van der Waals surface area contributed by atoms with Crippen LogP contribution in [0.5, 0.6) is 17.2 Å². The molecule has 2 aromatic carbocycles. The Hall–Kier alpha value is -2.99. The molecule has 0 unspecified atom stereocenters. The molecule has 1 heterocycles. The van der Waals surface area contributed by atoms with E-state index < -0.39 is 0 Å². The first-order valence-corrected chi connectivity index (χ1v) is 9.77. The lowest BCUT2D eigenvalue weighted by Crippen LogP contribution is -2.16. The second-order valence-electron chi connectivity index (χ2n) is 6.79. The van der Waals surface area contributed by atoms with E-state index >= 15 is 0 Å². The maximum Gasteiger partial charge on any atom is 0.203 e. The summed E-state index contributed by atoms with van der Waals surface area (Å²) < 4.78 is 18.3. The fourth-order valence-corrected chi connectivity index (χ4v) is 3.38. The minimum absolute atomic E-state index is 0.623. The third kappa shape index (κ3) is 4.90. The number of aromatic nitrogens is 2. The topological polar surface area (TPSA) is 57.5 Å². The molecule has 3 rings (SSSR count). The minimum atomic E-state index is 0.623. The molecule has 6 nitrogen and oxygen atoms in total. The largest absolute Gasteiger partial charge is 0.493 e. The van der Waals surface area contributed by atoms with Gasteiger partial charge in [-0.1, -0.05) is 24.3 Å². The molecule has 3 aromatic rings. The van der Waals surface area contributed by atoms with Crippen molar-refractivity contribution in [2.75, 3.05) is 27.9 Å². The van der Waals surface area contributed by atoms with Gasteiger partial charge < -0.3 is 19.5 Å². The van der Waals surface area contributed by atoms with Gasteiger partial charge in [-0.25, -0.2) is 4.68 Å². The average molecular weight is 396 g/mol. The smallest absolute Gasteiger partial charge is 0.203 e. The Balaban J connectivity index is 1.54. The Labute approximate surface area is 172 Å². The molecule has 0 spiro atoms. The van der Waals surface area contributed by atoms with Crippen molar-refractivity contribution >= 4 is 0 Å². The Morgan fingerprint density at radius 1 is 0.897 bits per heavy atom. The molecular weight excluding hydrogens is 366 g/mol. The fraction of sp³-hybridized carbons (Fsp3) is 0.348. The molecule has 1 N–H and O–H groups in total. The Bertz CT molecular complexity index is 923. The summed E-state index contributed by atoms with van der Waals surface area (Å²) in [5.41, 5.74) is 4.48. The highest BCUT2D eigenvalue weighted by atomic mass is 16.5. The molecule has 0 radical (unpaired) electrons. The van der Waals surface area contributed by atoms with Crippen LogP contribution in [-0.2, 0) is 13.0 Å². The summed E-state index contributed by atoms with van der Waals surface area (Å²) in [5.74, 6) is 2.00. The number of para-hydroxylation sites is 1. The molecule has 0 aliphatic heterocycles. The van der Waals surface area contributed by atoms with Crippen LogP contribution in [0.15, 0.2) is 48.7 Å². The number of benzene rings is 2. The second-order valence-corrected chi connectivity index (χ2v) is 6.79. The summed E-state index contributed by atoms with van der Waals surface area (Å²) in [5, 5.41) is 8.13. The van der Waals surface area contributed by atoms with Gasteiger partial charge in [0.05, 0.1) is 32.7 Å². The molecule has 0 saturated carbocycles. The number of rotatable bonds is 10. The van der Waals surface area contributed by atoms with Gasteiger partial charge in [0.15, 0.2) is 11.5 Å². The van der Waals surface area contributed by atoms with Crippen molar-refractivity contribution in [3.8, 4) is 22.9 Å². The van der Waals surface area contributed by atoms with Gasteiger partial charge in [0.25, 0.3) is 0 Å². The lowest BCUT2D eigenvalue weighted by Gasteiger charge is -2.16. The number of hydrogen-bond acceptors (Lipinski definition) is 5. The molecule has 6 heteroatoms. The first kappa shape index (κ1) is 20.7. The van der Waals surface area contributed by atoms with Crippen molar-refractivity contribution in [3.63, 3.8) is 0 Å². The van der Waals surface area contributed by atoms with Gasteiger partial charge in [0, 0.05) is 18.3 Å². The van der Waals surface area contributed by atoms with E-state index in [0.717, 1.165) is 36.3 Å². The van der Waals surface area contributed by atoms with Crippen molar-refractivity contribution < 1.29 is 14.2 Å². The Morgan fingerprint density at radius 2 is 1.66 bits per heavy atom. The van der Waals surface area contributed by atoms with E-state index in [-0.39, 0.29) is 0 Å². The van der Waals surface area contributed by atoms with Crippen molar-refractivity contribution in [2.45, 2.75) is 26.3 Å².